The van der Waals surface area contributed by atoms with Crippen LogP contribution in [0, 0.1) is 0 Å². The topological polar surface area (TPSA) is 82.7 Å². The Hall–Kier alpha value is -2.89. The monoisotopic (exact) mass is 253 g/mol. The number of carbonyl (C=O) groups is 1. The normalized spacial score (nSPS) is 10.3. The number of aromatic amines is 1. The number of pyridine rings is 1. The van der Waals surface area contributed by atoms with Crippen LogP contribution in [-0.4, -0.2) is 21.1 Å². The Morgan fingerprint density at radius 2 is 2.16 bits per heavy atom. The maximum absolute atomic E-state index is 11.8. The van der Waals surface area contributed by atoms with Crippen molar-refractivity contribution in [1.29, 1.82) is 0 Å². The van der Waals surface area contributed by atoms with E-state index in [4.69, 9.17) is 0 Å². The molecule has 0 unspecified atom stereocenters. The molecule has 6 nitrogen and oxygen atoms in total. The average molecular weight is 253 g/mol. The van der Waals surface area contributed by atoms with E-state index in [0.717, 1.165) is 16.6 Å². The molecule has 1 amide bonds. The van der Waals surface area contributed by atoms with Crippen molar-refractivity contribution in [3.05, 3.63) is 54.5 Å². The summed E-state index contributed by atoms with van der Waals surface area (Å²) in [5.74, 6) is -0.238. The van der Waals surface area contributed by atoms with Gasteiger partial charge in [0.1, 0.15) is 0 Å². The Kier molecular flexibility index (Phi) is 2.82. The van der Waals surface area contributed by atoms with Crippen LogP contribution in [-0.2, 0) is 0 Å². The third kappa shape index (κ3) is 2.37. The number of anilines is 1. The van der Waals surface area contributed by atoms with Crippen molar-refractivity contribution in [2.75, 3.05) is 5.43 Å². The minimum Gasteiger partial charge on any atom is -0.298 e. The first kappa shape index (κ1) is 11.2. The van der Waals surface area contributed by atoms with Gasteiger partial charge < -0.3 is 0 Å². The molecule has 94 valence electrons. The van der Waals surface area contributed by atoms with E-state index in [1.807, 2.05) is 18.2 Å². The predicted octanol–water partition coefficient (Wildman–Crippen LogP) is 1.71. The third-order valence-electron chi connectivity index (χ3n) is 2.69. The lowest BCUT2D eigenvalue weighted by Crippen LogP contribution is -2.29. The number of hydrazine groups is 1. The van der Waals surface area contributed by atoms with Gasteiger partial charge in [-0.2, -0.15) is 5.10 Å². The molecule has 1 aromatic carbocycles. The molecule has 0 bridgehead atoms. The molecule has 3 N–H and O–H groups in total. The maximum Gasteiger partial charge on any atom is 0.271 e. The molecule has 0 radical (unpaired) electrons. The molecule has 0 atom stereocenters. The largest absolute Gasteiger partial charge is 0.298 e. The van der Waals surface area contributed by atoms with E-state index in [9.17, 15) is 4.79 Å². The first-order chi connectivity index (χ1) is 9.33. The average Bonchev–Trinajstić information content (AvgIpc) is 2.93. The van der Waals surface area contributed by atoms with Crippen LogP contribution in [0.4, 0.5) is 5.69 Å². The fraction of sp³-hybridized carbons (Fsp3) is 0. The highest BCUT2D eigenvalue weighted by Gasteiger charge is 2.04. The second-order valence-electron chi connectivity index (χ2n) is 3.99. The van der Waals surface area contributed by atoms with Crippen molar-refractivity contribution < 1.29 is 4.79 Å². The molecule has 3 aromatic rings. The van der Waals surface area contributed by atoms with E-state index in [-0.39, 0.29) is 5.91 Å². The first-order valence-corrected chi connectivity index (χ1v) is 5.72. The van der Waals surface area contributed by atoms with E-state index in [2.05, 4.69) is 26.0 Å². The van der Waals surface area contributed by atoms with Gasteiger partial charge in [-0.3, -0.25) is 25.7 Å². The lowest BCUT2D eigenvalue weighted by molar-refractivity contribution is 0.0962. The van der Waals surface area contributed by atoms with E-state index in [1.165, 1.54) is 6.20 Å². The number of fused-ring (bicyclic) bond motifs is 1. The highest BCUT2D eigenvalue weighted by molar-refractivity contribution is 5.94. The molecule has 2 aromatic heterocycles. The SMILES string of the molecule is O=C(NNc1ccc2cn[nH]c2c1)c1cccnc1. The van der Waals surface area contributed by atoms with Gasteiger partial charge in [-0.15, -0.1) is 0 Å². The third-order valence-corrected chi connectivity index (χ3v) is 2.69. The zero-order chi connectivity index (χ0) is 13.1. The number of benzene rings is 1. The number of nitrogens with zero attached hydrogens (tertiary/aromatic N) is 2. The van der Waals surface area contributed by atoms with Crippen molar-refractivity contribution in [2.45, 2.75) is 0 Å². The molecule has 0 fully saturated rings. The molecular weight excluding hydrogens is 242 g/mol. The second kappa shape index (κ2) is 4.77. The number of carbonyl (C=O) groups excluding carboxylic acids is 1. The zero-order valence-electron chi connectivity index (χ0n) is 9.92. The summed E-state index contributed by atoms with van der Waals surface area (Å²) in [5.41, 5.74) is 7.63. The summed E-state index contributed by atoms with van der Waals surface area (Å²) < 4.78 is 0. The van der Waals surface area contributed by atoms with Gasteiger partial charge in [0.2, 0.25) is 0 Å². The van der Waals surface area contributed by atoms with Gasteiger partial charge in [-0.25, -0.2) is 0 Å². The van der Waals surface area contributed by atoms with Gasteiger partial charge in [0, 0.05) is 17.8 Å². The van der Waals surface area contributed by atoms with Gasteiger partial charge in [0.25, 0.3) is 5.91 Å². The molecule has 2 heterocycles. The summed E-state index contributed by atoms with van der Waals surface area (Å²) in [6.07, 6.45) is 4.87. The molecule has 6 heteroatoms. The van der Waals surface area contributed by atoms with Crippen LogP contribution in [0.1, 0.15) is 10.4 Å². The van der Waals surface area contributed by atoms with Crippen molar-refractivity contribution in [3.63, 3.8) is 0 Å². The summed E-state index contributed by atoms with van der Waals surface area (Å²) in [4.78, 5) is 15.7. The fourth-order valence-corrected chi connectivity index (χ4v) is 1.71. The number of H-pyrrole nitrogens is 1. The van der Waals surface area contributed by atoms with Crippen LogP contribution in [0.5, 0.6) is 0 Å². The Morgan fingerprint density at radius 1 is 1.21 bits per heavy atom. The van der Waals surface area contributed by atoms with Gasteiger partial charge in [-0.1, -0.05) is 0 Å². The van der Waals surface area contributed by atoms with Crippen LogP contribution < -0.4 is 10.9 Å². The summed E-state index contributed by atoms with van der Waals surface area (Å²) in [6.45, 7) is 0. The van der Waals surface area contributed by atoms with Crippen molar-refractivity contribution >= 4 is 22.5 Å². The Balaban J connectivity index is 1.70. The maximum atomic E-state index is 11.8. The van der Waals surface area contributed by atoms with Gasteiger partial charge >= 0.3 is 0 Å². The Bertz CT molecular complexity index is 707. The van der Waals surface area contributed by atoms with Crippen LogP contribution in [0.2, 0.25) is 0 Å². The first-order valence-electron chi connectivity index (χ1n) is 5.72. The van der Waals surface area contributed by atoms with Crippen LogP contribution in [0.25, 0.3) is 10.9 Å². The van der Waals surface area contributed by atoms with Crippen molar-refractivity contribution in [2.24, 2.45) is 0 Å². The number of aromatic nitrogens is 3. The smallest absolute Gasteiger partial charge is 0.271 e. The van der Waals surface area contributed by atoms with Crippen molar-refractivity contribution in [1.82, 2.24) is 20.6 Å². The molecule has 0 saturated carbocycles. The number of nitrogens with one attached hydrogen (secondary N) is 3. The van der Waals surface area contributed by atoms with Gasteiger partial charge in [0.15, 0.2) is 0 Å². The number of hydrogen-bond donors (Lipinski definition) is 3. The van der Waals surface area contributed by atoms with Crippen molar-refractivity contribution in [3.8, 4) is 0 Å². The van der Waals surface area contributed by atoms with E-state index >= 15 is 0 Å². The summed E-state index contributed by atoms with van der Waals surface area (Å²) in [6, 6.07) is 9.05. The van der Waals surface area contributed by atoms with Crippen LogP contribution in [0.3, 0.4) is 0 Å². The minimum atomic E-state index is -0.238. The highest BCUT2D eigenvalue weighted by Crippen LogP contribution is 2.15. The minimum absolute atomic E-state index is 0.238. The molecule has 19 heavy (non-hydrogen) atoms. The summed E-state index contributed by atoms with van der Waals surface area (Å²) >= 11 is 0. The summed E-state index contributed by atoms with van der Waals surface area (Å²) in [5, 5.41) is 7.82. The van der Waals surface area contributed by atoms with Gasteiger partial charge in [0.05, 0.1) is 23.0 Å². The van der Waals surface area contributed by atoms with E-state index in [1.54, 1.807) is 24.5 Å². The molecule has 0 aliphatic rings. The van der Waals surface area contributed by atoms with E-state index < -0.39 is 0 Å². The standard InChI is InChI=1S/C13H11N5O/c19-13(10-2-1-5-14-7-10)18-16-11-4-3-9-8-15-17-12(9)6-11/h1-8,16H,(H,15,17)(H,18,19). The second-order valence-corrected chi connectivity index (χ2v) is 3.99. The highest BCUT2D eigenvalue weighted by atomic mass is 16.2. The molecule has 0 aliphatic carbocycles. The van der Waals surface area contributed by atoms with Gasteiger partial charge in [-0.05, 0) is 30.3 Å². The zero-order valence-corrected chi connectivity index (χ0v) is 9.92. The lowest BCUT2D eigenvalue weighted by atomic mass is 10.2. The number of hydrogen-bond acceptors (Lipinski definition) is 4. The lowest BCUT2D eigenvalue weighted by Gasteiger charge is -2.08. The number of rotatable bonds is 3. The molecule has 0 aliphatic heterocycles. The molecule has 0 saturated heterocycles. The van der Waals surface area contributed by atoms with Crippen LogP contribution in [0.15, 0.2) is 48.9 Å². The quantitative estimate of drug-likeness (QED) is 0.620. The van der Waals surface area contributed by atoms with E-state index in [0.29, 0.717) is 5.56 Å². The number of amides is 1. The molecule has 0 spiro atoms. The predicted molar refractivity (Wildman–Crippen MR) is 71.4 cm³/mol. The molecule has 3 rings (SSSR count). The Labute approximate surface area is 108 Å². The van der Waals surface area contributed by atoms with Crippen LogP contribution >= 0.6 is 0 Å². The summed E-state index contributed by atoms with van der Waals surface area (Å²) in [7, 11) is 0. The fourth-order valence-electron chi connectivity index (χ4n) is 1.71. The molecular formula is C13H11N5O. The Morgan fingerprint density at radius 3 is 3.00 bits per heavy atom.